The summed E-state index contributed by atoms with van der Waals surface area (Å²) < 4.78 is 4.95. The fourth-order valence-electron chi connectivity index (χ4n) is 6.11. The van der Waals surface area contributed by atoms with Gasteiger partial charge < -0.3 is 40.9 Å². The third kappa shape index (κ3) is 3.70. The van der Waals surface area contributed by atoms with Gasteiger partial charge in [0, 0.05) is 31.8 Å². The molecule has 36 heavy (non-hydrogen) atoms. The van der Waals surface area contributed by atoms with Crippen LogP contribution in [0.25, 0.3) is 5.76 Å². The highest BCUT2D eigenvalue weighted by Crippen LogP contribution is 2.54. The molecule has 0 heterocycles. The first kappa shape index (κ1) is 25.5. The highest BCUT2D eigenvalue weighted by Gasteiger charge is 2.57. The second-order valence-corrected chi connectivity index (χ2v) is 9.94. The number of phenols is 1. The molecule has 1 aromatic carbocycles. The van der Waals surface area contributed by atoms with Crippen molar-refractivity contribution in [1.29, 1.82) is 0 Å². The standard InChI is InChI=1S/C25H30N2O9/c1-25(35)18-11(8-15(29)19(25)23(26)33)6-10-7-12-14(27(2)3)9-13(24(34)36-5-4-28)20(30)17(12)21(31)16(10)22(18)32/h9-11,18,28-31,35H,4-8H2,1-3H3,(H2,26,33)/t10?,11?,18?,25-/m1/s1. The molecule has 0 saturated heterocycles. The number of anilines is 1. The number of Topliss-reactive ketones (excluding diaryl/α,β-unsaturated/α-hetero) is 1. The molecule has 4 rings (SSSR count). The summed E-state index contributed by atoms with van der Waals surface area (Å²) >= 11 is 0. The zero-order chi connectivity index (χ0) is 26.7. The summed E-state index contributed by atoms with van der Waals surface area (Å²) in [4.78, 5) is 40.0. The lowest BCUT2D eigenvalue weighted by Gasteiger charge is -2.48. The molecule has 0 aromatic heterocycles. The van der Waals surface area contributed by atoms with Crippen LogP contribution in [0.15, 0.2) is 23.0 Å². The number of aromatic hydroxyl groups is 1. The number of esters is 1. The van der Waals surface area contributed by atoms with E-state index in [-0.39, 0.29) is 41.9 Å². The maximum absolute atomic E-state index is 13.7. The number of amides is 1. The third-order valence-electron chi connectivity index (χ3n) is 7.47. The predicted molar refractivity (Wildman–Crippen MR) is 127 cm³/mol. The zero-order valence-electron chi connectivity index (χ0n) is 20.2. The average Bonchev–Trinajstić information content (AvgIpc) is 2.75. The number of hydrogen-bond donors (Lipinski definition) is 6. The molecule has 7 N–H and O–H groups in total. The summed E-state index contributed by atoms with van der Waals surface area (Å²) in [5.74, 6) is -6.17. The van der Waals surface area contributed by atoms with Gasteiger partial charge in [-0.1, -0.05) is 0 Å². The lowest BCUT2D eigenvalue weighted by molar-refractivity contribution is -0.136. The number of ketones is 1. The number of rotatable bonds is 5. The molecule has 194 valence electrons. The van der Waals surface area contributed by atoms with E-state index >= 15 is 0 Å². The Kier molecular flexibility index (Phi) is 6.26. The van der Waals surface area contributed by atoms with Crippen LogP contribution in [0.3, 0.4) is 0 Å². The largest absolute Gasteiger partial charge is 0.512 e. The van der Waals surface area contributed by atoms with Crippen LogP contribution in [0.4, 0.5) is 5.69 Å². The zero-order valence-corrected chi connectivity index (χ0v) is 20.2. The van der Waals surface area contributed by atoms with Crippen molar-refractivity contribution in [1.82, 2.24) is 0 Å². The maximum Gasteiger partial charge on any atom is 0.342 e. The number of hydrogen-bond acceptors (Lipinski definition) is 10. The molecule has 1 fully saturated rings. The molecule has 11 nitrogen and oxygen atoms in total. The van der Waals surface area contributed by atoms with Crippen molar-refractivity contribution in [2.45, 2.75) is 31.8 Å². The van der Waals surface area contributed by atoms with E-state index in [9.17, 15) is 34.8 Å². The topological polar surface area (TPSA) is 191 Å². The van der Waals surface area contributed by atoms with E-state index in [4.69, 9.17) is 15.6 Å². The van der Waals surface area contributed by atoms with E-state index in [2.05, 4.69) is 0 Å². The van der Waals surface area contributed by atoms with Crippen LogP contribution in [0.1, 0.15) is 41.3 Å². The van der Waals surface area contributed by atoms with Crippen LogP contribution in [-0.4, -0.2) is 76.1 Å². The molecule has 11 heteroatoms. The summed E-state index contributed by atoms with van der Waals surface area (Å²) in [5.41, 5.74) is 3.58. The van der Waals surface area contributed by atoms with Gasteiger partial charge in [0.1, 0.15) is 35.0 Å². The molecule has 3 aliphatic rings. The first-order valence-electron chi connectivity index (χ1n) is 11.6. The number of carbonyl (C=O) groups excluding carboxylic acids is 3. The van der Waals surface area contributed by atoms with Gasteiger partial charge in [-0.15, -0.1) is 0 Å². The van der Waals surface area contributed by atoms with Crippen molar-refractivity contribution in [3.63, 3.8) is 0 Å². The molecule has 0 radical (unpaired) electrons. The molecule has 4 atom stereocenters. The Morgan fingerprint density at radius 2 is 1.89 bits per heavy atom. The minimum atomic E-state index is -2.07. The van der Waals surface area contributed by atoms with Crippen LogP contribution >= 0.6 is 0 Å². The Morgan fingerprint density at radius 3 is 2.47 bits per heavy atom. The number of phenolic OH excluding ortho intramolecular Hbond substituents is 1. The number of allylic oxidation sites excluding steroid dienone is 2. The number of aliphatic hydroxyl groups is 4. The van der Waals surface area contributed by atoms with Gasteiger partial charge in [-0.2, -0.15) is 0 Å². The molecule has 1 saturated carbocycles. The third-order valence-corrected chi connectivity index (χ3v) is 7.47. The van der Waals surface area contributed by atoms with Gasteiger partial charge in [-0.25, -0.2) is 4.79 Å². The minimum absolute atomic E-state index is 0.0184. The van der Waals surface area contributed by atoms with Crippen molar-refractivity contribution < 1.29 is 44.7 Å². The van der Waals surface area contributed by atoms with Gasteiger partial charge in [0.25, 0.3) is 5.91 Å². The van der Waals surface area contributed by atoms with Crippen molar-refractivity contribution in [3.05, 3.63) is 39.7 Å². The summed E-state index contributed by atoms with van der Waals surface area (Å²) in [6.07, 6.45) is 0.533. The van der Waals surface area contributed by atoms with Crippen LogP contribution in [-0.2, 0) is 20.7 Å². The van der Waals surface area contributed by atoms with E-state index in [1.807, 2.05) is 0 Å². The summed E-state index contributed by atoms with van der Waals surface area (Å²) in [6, 6.07) is 1.43. The summed E-state index contributed by atoms with van der Waals surface area (Å²) in [5, 5.41) is 53.0. The van der Waals surface area contributed by atoms with Gasteiger partial charge in [0.15, 0.2) is 5.78 Å². The number of nitrogens with two attached hydrogens (primary N) is 1. The Bertz CT molecular complexity index is 1230. The maximum atomic E-state index is 13.7. The van der Waals surface area contributed by atoms with Crippen LogP contribution in [0.2, 0.25) is 0 Å². The van der Waals surface area contributed by atoms with Gasteiger partial charge in [0.2, 0.25) is 0 Å². The smallest absolute Gasteiger partial charge is 0.342 e. The van der Waals surface area contributed by atoms with Crippen molar-refractivity contribution in [2.75, 3.05) is 32.2 Å². The van der Waals surface area contributed by atoms with E-state index < -0.39 is 64.7 Å². The highest BCUT2D eigenvalue weighted by atomic mass is 16.5. The number of nitrogens with zero attached hydrogens (tertiary/aromatic N) is 1. The molecular weight excluding hydrogens is 472 g/mol. The number of aliphatic hydroxyl groups excluding tert-OH is 3. The van der Waals surface area contributed by atoms with E-state index in [0.717, 1.165) is 0 Å². The molecule has 3 unspecified atom stereocenters. The minimum Gasteiger partial charge on any atom is -0.512 e. The fraction of sp³-hybridized carbons (Fsp3) is 0.480. The number of ether oxygens (including phenoxy) is 1. The van der Waals surface area contributed by atoms with Crippen molar-refractivity contribution >= 4 is 29.1 Å². The van der Waals surface area contributed by atoms with Crippen molar-refractivity contribution in [3.8, 4) is 5.75 Å². The van der Waals surface area contributed by atoms with E-state index in [1.54, 1.807) is 19.0 Å². The summed E-state index contributed by atoms with van der Waals surface area (Å²) in [6.45, 7) is 0.536. The van der Waals surface area contributed by atoms with Gasteiger partial charge in [0.05, 0.1) is 23.7 Å². The molecule has 0 bridgehead atoms. The molecular formula is C25H30N2O9. The lowest BCUT2D eigenvalue weighted by atomic mass is 9.57. The normalized spacial score (nSPS) is 27.2. The fourth-order valence-corrected chi connectivity index (χ4v) is 6.11. The van der Waals surface area contributed by atoms with Gasteiger partial charge in [-0.3, -0.25) is 9.59 Å². The SMILES string of the molecule is CN(C)c1cc(C(=O)OCCO)c(O)c2c1CC1CC3CC(O)=C(C(N)=O)[C@](C)(O)C3C(=O)C1=C2O. The molecule has 1 amide bonds. The average molecular weight is 503 g/mol. The molecule has 3 aliphatic carbocycles. The van der Waals surface area contributed by atoms with Gasteiger partial charge in [-0.05, 0) is 43.2 Å². The van der Waals surface area contributed by atoms with Crippen LogP contribution < -0.4 is 10.6 Å². The Morgan fingerprint density at radius 1 is 1.22 bits per heavy atom. The Labute approximate surface area is 207 Å². The quantitative estimate of drug-likeness (QED) is 0.313. The molecule has 0 aliphatic heterocycles. The predicted octanol–water partition coefficient (Wildman–Crippen LogP) is 0.706. The first-order chi connectivity index (χ1) is 16.8. The number of carbonyl (C=O) groups is 3. The van der Waals surface area contributed by atoms with Crippen LogP contribution in [0, 0.1) is 17.8 Å². The first-order valence-corrected chi connectivity index (χ1v) is 11.6. The second kappa shape index (κ2) is 8.82. The molecule has 1 aromatic rings. The Balaban J connectivity index is 1.89. The lowest BCUT2D eigenvalue weighted by Crippen LogP contribution is -2.55. The summed E-state index contributed by atoms with van der Waals surface area (Å²) in [7, 11) is 3.45. The monoisotopic (exact) mass is 502 g/mol. The van der Waals surface area contributed by atoms with Gasteiger partial charge >= 0.3 is 5.97 Å². The van der Waals surface area contributed by atoms with Crippen LogP contribution in [0.5, 0.6) is 5.75 Å². The number of benzene rings is 1. The highest BCUT2D eigenvalue weighted by molar-refractivity contribution is 6.09. The number of fused-ring (bicyclic) bond motifs is 3. The Hall–Kier alpha value is -3.57. The van der Waals surface area contributed by atoms with Crippen molar-refractivity contribution in [2.24, 2.45) is 23.5 Å². The second-order valence-electron chi connectivity index (χ2n) is 9.94. The van der Waals surface area contributed by atoms with E-state index in [1.165, 1.54) is 13.0 Å². The van der Waals surface area contributed by atoms with E-state index in [0.29, 0.717) is 17.7 Å². The number of primary amides is 1. The molecule has 0 spiro atoms.